The fourth-order valence-corrected chi connectivity index (χ4v) is 4.38. The molecule has 2 rings (SSSR count). The minimum Gasteiger partial charge on any atom is -0.352 e. The van der Waals surface area contributed by atoms with E-state index < -0.39 is 10.0 Å². The van der Waals surface area contributed by atoms with Crippen LogP contribution in [0, 0.1) is 5.92 Å². The Labute approximate surface area is 144 Å². The van der Waals surface area contributed by atoms with E-state index in [1.807, 2.05) is 18.2 Å². The van der Waals surface area contributed by atoms with Gasteiger partial charge >= 0.3 is 0 Å². The van der Waals surface area contributed by atoms with Gasteiger partial charge in [0, 0.05) is 18.5 Å². The van der Waals surface area contributed by atoms with Crippen molar-refractivity contribution in [1.29, 1.82) is 0 Å². The Hall–Kier alpha value is -1.44. The first kappa shape index (κ1) is 18.9. The van der Waals surface area contributed by atoms with Crippen LogP contribution in [0.25, 0.3) is 0 Å². The minimum atomic E-state index is -3.39. The molecule has 0 unspecified atom stereocenters. The van der Waals surface area contributed by atoms with Crippen LogP contribution in [-0.4, -0.2) is 33.5 Å². The van der Waals surface area contributed by atoms with Crippen molar-refractivity contribution in [2.45, 2.75) is 45.0 Å². The minimum absolute atomic E-state index is 0.0461. The zero-order valence-corrected chi connectivity index (χ0v) is 15.2. The van der Waals surface area contributed by atoms with Crippen LogP contribution < -0.4 is 15.4 Å². The Bertz CT molecular complexity index is 653. The number of hydrogen-bond acceptors (Lipinski definition) is 4. The normalized spacial score (nSPS) is 16.3. The van der Waals surface area contributed by atoms with Gasteiger partial charge < -0.3 is 10.6 Å². The van der Waals surface area contributed by atoms with Gasteiger partial charge in [-0.25, -0.2) is 13.1 Å². The Morgan fingerprint density at radius 1 is 1.21 bits per heavy atom. The van der Waals surface area contributed by atoms with Gasteiger partial charge in [0.25, 0.3) is 0 Å². The Balaban J connectivity index is 1.99. The summed E-state index contributed by atoms with van der Waals surface area (Å²) in [5.74, 6) is 0.0177. The van der Waals surface area contributed by atoms with Crippen LogP contribution >= 0.6 is 0 Å². The van der Waals surface area contributed by atoms with E-state index in [0.717, 1.165) is 37.1 Å². The van der Waals surface area contributed by atoms with Crippen LogP contribution in [0.5, 0.6) is 0 Å². The summed E-state index contributed by atoms with van der Waals surface area (Å²) in [5, 5.41) is 6.19. The second-order valence-corrected chi connectivity index (χ2v) is 8.30. The molecule has 0 aromatic heterocycles. The highest BCUT2D eigenvalue weighted by Gasteiger charge is 2.21. The number of carbonyl (C=O) groups excluding carboxylic acids is 1. The van der Waals surface area contributed by atoms with Crippen molar-refractivity contribution in [2.75, 3.05) is 13.1 Å². The van der Waals surface area contributed by atoms with Gasteiger partial charge in [-0.1, -0.05) is 24.3 Å². The summed E-state index contributed by atoms with van der Waals surface area (Å²) < 4.78 is 26.9. The Morgan fingerprint density at radius 2 is 1.83 bits per heavy atom. The fourth-order valence-electron chi connectivity index (χ4n) is 2.89. The first-order chi connectivity index (χ1) is 11.4. The van der Waals surface area contributed by atoms with Gasteiger partial charge in [0.05, 0.1) is 5.75 Å². The molecule has 134 valence electrons. The van der Waals surface area contributed by atoms with Crippen molar-refractivity contribution >= 4 is 15.9 Å². The molecule has 1 aromatic rings. The molecule has 1 saturated heterocycles. The highest BCUT2D eigenvalue weighted by molar-refractivity contribution is 7.88. The van der Waals surface area contributed by atoms with Crippen LogP contribution in [0.15, 0.2) is 24.3 Å². The molecule has 3 N–H and O–H groups in total. The van der Waals surface area contributed by atoms with Crippen molar-refractivity contribution in [3.8, 4) is 0 Å². The third-order valence-corrected chi connectivity index (χ3v) is 5.56. The molecule has 1 heterocycles. The number of benzene rings is 1. The number of rotatable bonds is 7. The third-order valence-electron chi connectivity index (χ3n) is 4.04. The van der Waals surface area contributed by atoms with E-state index in [4.69, 9.17) is 0 Å². The summed E-state index contributed by atoms with van der Waals surface area (Å²) >= 11 is 0. The van der Waals surface area contributed by atoms with Crippen molar-refractivity contribution in [2.24, 2.45) is 5.92 Å². The van der Waals surface area contributed by atoms with Crippen LogP contribution in [0.3, 0.4) is 0 Å². The van der Waals surface area contributed by atoms with Crippen molar-refractivity contribution in [3.63, 3.8) is 0 Å². The van der Waals surface area contributed by atoms with E-state index in [1.165, 1.54) is 0 Å². The summed E-state index contributed by atoms with van der Waals surface area (Å²) in [7, 11) is -3.39. The fraction of sp³-hybridized carbons (Fsp3) is 0.588. The van der Waals surface area contributed by atoms with E-state index in [1.54, 1.807) is 19.9 Å². The standard InChI is InChI=1S/C17H27N3O3S/c1-13(2)20-24(22,23)12-16-6-4-3-5-15(16)11-19-17(21)14-7-9-18-10-8-14/h3-6,13-14,18,20H,7-12H2,1-2H3,(H,19,21). The summed E-state index contributed by atoms with van der Waals surface area (Å²) in [4.78, 5) is 12.2. The molecule has 1 aliphatic heterocycles. The lowest BCUT2D eigenvalue weighted by Gasteiger charge is -2.22. The highest BCUT2D eigenvalue weighted by atomic mass is 32.2. The SMILES string of the molecule is CC(C)NS(=O)(=O)Cc1ccccc1CNC(=O)C1CCNCC1. The lowest BCUT2D eigenvalue weighted by Crippen LogP contribution is -2.38. The summed E-state index contributed by atoms with van der Waals surface area (Å²) in [5.41, 5.74) is 1.56. The second kappa shape index (κ2) is 8.60. The van der Waals surface area contributed by atoms with Crippen LogP contribution in [0.2, 0.25) is 0 Å². The van der Waals surface area contributed by atoms with E-state index in [2.05, 4.69) is 15.4 Å². The molecule has 1 aromatic carbocycles. The van der Waals surface area contributed by atoms with Crippen molar-refractivity contribution in [3.05, 3.63) is 35.4 Å². The molecule has 1 amide bonds. The van der Waals surface area contributed by atoms with E-state index in [9.17, 15) is 13.2 Å². The molecular weight excluding hydrogens is 326 g/mol. The van der Waals surface area contributed by atoms with Crippen LogP contribution in [-0.2, 0) is 27.1 Å². The highest BCUT2D eigenvalue weighted by Crippen LogP contribution is 2.15. The second-order valence-electron chi connectivity index (χ2n) is 6.54. The Morgan fingerprint density at radius 3 is 2.46 bits per heavy atom. The average molecular weight is 353 g/mol. The molecule has 0 spiro atoms. The monoisotopic (exact) mass is 353 g/mol. The molecule has 1 fully saturated rings. The quantitative estimate of drug-likeness (QED) is 0.686. The average Bonchev–Trinajstić information content (AvgIpc) is 2.53. The maximum Gasteiger partial charge on any atom is 0.223 e. The van der Waals surface area contributed by atoms with Gasteiger partial charge in [-0.15, -0.1) is 0 Å². The van der Waals surface area contributed by atoms with Crippen molar-refractivity contribution in [1.82, 2.24) is 15.4 Å². The van der Waals surface area contributed by atoms with Gasteiger partial charge in [-0.2, -0.15) is 0 Å². The van der Waals surface area contributed by atoms with E-state index in [-0.39, 0.29) is 23.6 Å². The van der Waals surface area contributed by atoms with Crippen LogP contribution in [0.4, 0.5) is 0 Å². The molecule has 0 radical (unpaired) electrons. The zero-order chi connectivity index (χ0) is 17.6. The predicted molar refractivity (Wildman–Crippen MR) is 94.8 cm³/mol. The lowest BCUT2D eigenvalue weighted by atomic mass is 9.97. The van der Waals surface area contributed by atoms with Gasteiger partial charge in [-0.05, 0) is 50.9 Å². The van der Waals surface area contributed by atoms with Crippen LogP contribution in [0.1, 0.15) is 37.8 Å². The number of hydrogen-bond donors (Lipinski definition) is 3. The molecule has 0 saturated carbocycles. The lowest BCUT2D eigenvalue weighted by molar-refractivity contribution is -0.125. The Kier molecular flexibility index (Phi) is 6.77. The molecule has 24 heavy (non-hydrogen) atoms. The summed E-state index contributed by atoms with van der Waals surface area (Å²) in [6.07, 6.45) is 1.69. The van der Waals surface area contributed by atoms with Gasteiger partial charge in [-0.3, -0.25) is 4.79 Å². The van der Waals surface area contributed by atoms with Gasteiger partial charge in [0.1, 0.15) is 0 Å². The maximum atomic E-state index is 12.2. The molecule has 7 heteroatoms. The molecule has 1 aliphatic rings. The molecular formula is C17H27N3O3S. The first-order valence-corrected chi connectivity index (χ1v) is 10.1. The third kappa shape index (κ3) is 5.89. The molecule has 0 aliphatic carbocycles. The topological polar surface area (TPSA) is 87.3 Å². The van der Waals surface area contributed by atoms with Gasteiger partial charge in [0.15, 0.2) is 0 Å². The summed E-state index contributed by atoms with van der Waals surface area (Å²) in [6, 6.07) is 7.20. The van der Waals surface area contributed by atoms with E-state index in [0.29, 0.717) is 6.54 Å². The maximum absolute atomic E-state index is 12.2. The smallest absolute Gasteiger partial charge is 0.223 e. The molecule has 0 atom stereocenters. The number of piperidine rings is 1. The molecule has 6 nitrogen and oxygen atoms in total. The van der Waals surface area contributed by atoms with E-state index >= 15 is 0 Å². The molecule has 0 bridgehead atoms. The first-order valence-electron chi connectivity index (χ1n) is 8.42. The van der Waals surface area contributed by atoms with Gasteiger partial charge in [0.2, 0.25) is 15.9 Å². The number of amides is 1. The zero-order valence-electron chi connectivity index (χ0n) is 14.3. The number of sulfonamides is 1. The predicted octanol–water partition coefficient (Wildman–Crippen LogP) is 1.13. The summed E-state index contributed by atoms with van der Waals surface area (Å²) in [6.45, 7) is 5.68. The number of nitrogens with one attached hydrogen (secondary N) is 3. The largest absolute Gasteiger partial charge is 0.352 e. The number of carbonyl (C=O) groups is 1. The van der Waals surface area contributed by atoms with Crippen molar-refractivity contribution < 1.29 is 13.2 Å².